The first-order valence-electron chi connectivity index (χ1n) is 9.86. The molecule has 0 aliphatic carbocycles. The molecular weight excluding hydrogens is 408 g/mol. The van der Waals surface area contributed by atoms with Gasteiger partial charge in [0.05, 0.1) is 18.1 Å². The molecule has 1 saturated heterocycles. The summed E-state index contributed by atoms with van der Waals surface area (Å²) in [5.41, 5.74) is 1.52. The molecule has 3 rings (SSSR count). The third-order valence-electron chi connectivity index (χ3n) is 4.91. The number of carbonyl (C=O) groups excluding carboxylic acids is 1. The van der Waals surface area contributed by atoms with E-state index >= 15 is 0 Å². The highest BCUT2D eigenvalue weighted by Gasteiger charge is 2.17. The molecule has 1 heterocycles. The van der Waals surface area contributed by atoms with Crippen molar-refractivity contribution in [1.82, 2.24) is 9.80 Å². The van der Waals surface area contributed by atoms with Crippen LogP contribution in [0, 0.1) is 10.1 Å². The Balaban J connectivity index is 1.63. The molecule has 2 amide bonds. The smallest absolute Gasteiger partial charge is 0.322 e. The zero-order valence-corrected chi connectivity index (χ0v) is 17.4. The summed E-state index contributed by atoms with van der Waals surface area (Å²) in [5.74, 6) is 0. The highest BCUT2D eigenvalue weighted by Crippen LogP contribution is 2.17. The van der Waals surface area contributed by atoms with Gasteiger partial charge in [0.15, 0.2) is 0 Å². The van der Waals surface area contributed by atoms with E-state index in [0.717, 1.165) is 44.8 Å². The SMILES string of the molecule is O=C(Nc1ccc(Cl)cc1)N(CCCN1CCOCC1)Cc1ccc([N+](=O)[O-])cc1. The minimum absolute atomic E-state index is 0.0308. The van der Waals surface area contributed by atoms with Crippen LogP contribution in [-0.2, 0) is 11.3 Å². The standard InChI is InChI=1S/C21H25ClN4O4/c22-18-4-6-19(7-5-18)23-21(27)25(11-1-10-24-12-14-30-15-13-24)16-17-2-8-20(9-3-17)26(28)29/h2-9H,1,10-16H2,(H,23,27). The lowest BCUT2D eigenvalue weighted by atomic mass is 10.2. The first-order valence-corrected chi connectivity index (χ1v) is 10.2. The Kier molecular flexibility index (Phi) is 8.01. The average molecular weight is 433 g/mol. The van der Waals surface area contributed by atoms with E-state index in [1.165, 1.54) is 12.1 Å². The summed E-state index contributed by atoms with van der Waals surface area (Å²) in [6.45, 7) is 5.09. The minimum Gasteiger partial charge on any atom is -0.379 e. The van der Waals surface area contributed by atoms with Crippen LogP contribution < -0.4 is 5.32 Å². The maximum absolute atomic E-state index is 12.9. The Morgan fingerprint density at radius 2 is 1.80 bits per heavy atom. The molecule has 0 spiro atoms. The number of halogens is 1. The molecule has 0 aromatic heterocycles. The van der Waals surface area contributed by atoms with Gasteiger partial charge in [0, 0.05) is 55.6 Å². The molecule has 0 unspecified atom stereocenters. The normalized spacial score (nSPS) is 14.3. The Morgan fingerprint density at radius 3 is 2.43 bits per heavy atom. The van der Waals surface area contributed by atoms with Crippen LogP contribution in [0.15, 0.2) is 48.5 Å². The fraction of sp³-hybridized carbons (Fsp3) is 0.381. The first kappa shape index (κ1) is 22.0. The molecular formula is C21H25ClN4O4. The maximum Gasteiger partial charge on any atom is 0.322 e. The van der Waals surface area contributed by atoms with E-state index in [0.29, 0.717) is 23.8 Å². The lowest BCUT2D eigenvalue weighted by Crippen LogP contribution is -2.40. The summed E-state index contributed by atoms with van der Waals surface area (Å²) in [7, 11) is 0. The van der Waals surface area contributed by atoms with E-state index < -0.39 is 4.92 Å². The molecule has 160 valence electrons. The molecule has 1 fully saturated rings. The Bertz CT molecular complexity index is 839. The number of amides is 2. The molecule has 1 aliphatic heterocycles. The summed E-state index contributed by atoms with van der Waals surface area (Å²) in [4.78, 5) is 27.4. The summed E-state index contributed by atoms with van der Waals surface area (Å²) < 4.78 is 5.37. The van der Waals surface area contributed by atoms with Crippen molar-refractivity contribution >= 4 is 29.0 Å². The molecule has 0 bridgehead atoms. The number of hydrogen-bond acceptors (Lipinski definition) is 5. The molecule has 1 N–H and O–H groups in total. The number of carbonyl (C=O) groups is 1. The average Bonchev–Trinajstić information content (AvgIpc) is 2.75. The largest absolute Gasteiger partial charge is 0.379 e. The Morgan fingerprint density at radius 1 is 1.13 bits per heavy atom. The van der Waals surface area contributed by atoms with Crippen LogP contribution in [-0.4, -0.2) is 60.1 Å². The predicted octanol–water partition coefficient (Wildman–Crippen LogP) is 4.00. The summed E-state index contributed by atoms with van der Waals surface area (Å²) in [6, 6.07) is 13.0. The number of ether oxygens (including phenoxy) is 1. The van der Waals surface area contributed by atoms with E-state index in [2.05, 4.69) is 10.2 Å². The van der Waals surface area contributed by atoms with Crippen LogP contribution in [0.3, 0.4) is 0 Å². The molecule has 2 aromatic rings. The van der Waals surface area contributed by atoms with Crippen molar-refractivity contribution in [3.8, 4) is 0 Å². The topological polar surface area (TPSA) is 88.0 Å². The monoisotopic (exact) mass is 432 g/mol. The van der Waals surface area contributed by atoms with Crippen molar-refractivity contribution in [2.24, 2.45) is 0 Å². The molecule has 9 heteroatoms. The van der Waals surface area contributed by atoms with Gasteiger partial charge < -0.3 is 15.0 Å². The van der Waals surface area contributed by atoms with Crippen molar-refractivity contribution in [3.05, 3.63) is 69.2 Å². The molecule has 8 nitrogen and oxygen atoms in total. The van der Waals surface area contributed by atoms with Gasteiger partial charge in [-0.05, 0) is 36.2 Å². The van der Waals surface area contributed by atoms with Gasteiger partial charge >= 0.3 is 6.03 Å². The van der Waals surface area contributed by atoms with Crippen molar-refractivity contribution in [2.75, 3.05) is 44.7 Å². The van der Waals surface area contributed by atoms with Gasteiger partial charge in [0.1, 0.15) is 0 Å². The Labute approximate surface area is 180 Å². The van der Waals surface area contributed by atoms with Gasteiger partial charge in [-0.3, -0.25) is 15.0 Å². The van der Waals surface area contributed by atoms with E-state index in [9.17, 15) is 14.9 Å². The summed E-state index contributed by atoms with van der Waals surface area (Å²) in [6.07, 6.45) is 0.820. The minimum atomic E-state index is -0.433. The second kappa shape index (κ2) is 10.9. The molecule has 2 aromatic carbocycles. The highest BCUT2D eigenvalue weighted by atomic mass is 35.5. The van der Waals surface area contributed by atoms with Crippen molar-refractivity contribution in [2.45, 2.75) is 13.0 Å². The van der Waals surface area contributed by atoms with Crippen LogP contribution in [0.4, 0.5) is 16.2 Å². The van der Waals surface area contributed by atoms with Crippen LogP contribution in [0.1, 0.15) is 12.0 Å². The van der Waals surface area contributed by atoms with Crippen molar-refractivity contribution < 1.29 is 14.5 Å². The maximum atomic E-state index is 12.9. The number of rotatable bonds is 8. The van der Waals surface area contributed by atoms with Crippen molar-refractivity contribution in [3.63, 3.8) is 0 Å². The number of nitrogens with one attached hydrogen (secondary N) is 1. The number of nitrogens with zero attached hydrogens (tertiary/aromatic N) is 3. The number of non-ortho nitro benzene ring substituents is 1. The van der Waals surface area contributed by atoms with Crippen LogP contribution in [0.2, 0.25) is 5.02 Å². The van der Waals surface area contributed by atoms with Gasteiger partial charge in [-0.25, -0.2) is 4.79 Å². The van der Waals surface area contributed by atoms with Crippen LogP contribution in [0.5, 0.6) is 0 Å². The quantitative estimate of drug-likeness (QED) is 0.503. The van der Waals surface area contributed by atoms with E-state index in [1.54, 1.807) is 41.3 Å². The number of hydrogen-bond donors (Lipinski definition) is 1. The second-order valence-corrected chi connectivity index (χ2v) is 7.53. The lowest BCUT2D eigenvalue weighted by molar-refractivity contribution is -0.384. The highest BCUT2D eigenvalue weighted by molar-refractivity contribution is 6.30. The number of nitro groups is 1. The van der Waals surface area contributed by atoms with Gasteiger partial charge in [-0.2, -0.15) is 0 Å². The third-order valence-corrected chi connectivity index (χ3v) is 5.16. The van der Waals surface area contributed by atoms with Gasteiger partial charge in [0.2, 0.25) is 0 Å². The summed E-state index contributed by atoms with van der Waals surface area (Å²) in [5, 5.41) is 14.4. The van der Waals surface area contributed by atoms with Gasteiger partial charge in [-0.15, -0.1) is 0 Å². The summed E-state index contributed by atoms with van der Waals surface area (Å²) >= 11 is 5.91. The number of benzene rings is 2. The second-order valence-electron chi connectivity index (χ2n) is 7.09. The number of urea groups is 1. The first-order chi connectivity index (χ1) is 14.5. The molecule has 0 saturated carbocycles. The van der Waals surface area contributed by atoms with Crippen LogP contribution in [0.25, 0.3) is 0 Å². The van der Waals surface area contributed by atoms with Gasteiger partial charge in [0.25, 0.3) is 5.69 Å². The van der Waals surface area contributed by atoms with E-state index in [1.807, 2.05) is 0 Å². The number of nitro benzene ring substituents is 1. The lowest BCUT2D eigenvalue weighted by Gasteiger charge is -2.28. The fourth-order valence-corrected chi connectivity index (χ4v) is 3.37. The van der Waals surface area contributed by atoms with E-state index in [4.69, 9.17) is 16.3 Å². The third kappa shape index (κ3) is 6.69. The fourth-order valence-electron chi connectivity index (χ4n) is 3.24. The predicted molar refractivity (Wildman–Crippen MR) is 116 cm³/mol. The molecule has 30 heavy (non-hydrogen) atoms. The van der Waals surface area contributed by atoms with Crippen molar-refractivity contribution in [1.29, 1.82) is 0 Å². The zero-order valence-electron chi connectivity index (χ0n) is 16.6. The number of anilines is 1. The Hall–Kier alpha value is -2.68. The van der Waals surface area contributed by atoms with Gasteiger partial charge in [-0.1, -0.05) is 23.7 Å². The zero-order chi connectivity index (χ0) is 21.3. The number of morpholine rings is 1. The van der Waals surface area contributed by atoms with Crippen LogP contribution >= 0.6 is 11.6 Å². The molecule has 0 atom stereocenters. The van der Waals surface area contributed by atoms with E-state index in [-0.39, 0.29) is 11.7 Å². The molecule has 0 radical (unpaired) electrons. The molecule has 1 aliphatic rings.